The van der Waals surface area contributed by atoms with Gasteiger partial charge in [-0.25, -0.2) is 4.79 Å². The maximum Gasteiger partial charge on any atom is 0.330 e. The molecule has 1 aromatic carbocycles. The Morgan fingerprint density at radius 1 is 0.909 bits per heavy atom. The Hall–Kier alpha value is -2.17. The number of carbonyl (C=O) groups excluding carboxylic acids is 1. The molecule has 1 rings (SSSR count). The molecule has 0 bridgehead atoms. The van der Waals surface area contributed by atoms with E-state index in [-0.39, 0.29) is 5.97 Å². The lowest BCUT2D eigenvalue weighted by Gasteiger charge is -2.16. The number of esters is 1. The number of hydrogen-bond acceptors (Lipinski definition) is 5. The first-order valence-electron chi connectivity index (χ1n) is 7.57. The van der Waals surface area contributed by atoms with Crippen LogP contribution >= 0.6 is 0 Å². The number of benzene rings is 1. The van der Waals surface area contributed by atoms with Gasteiger partial charge in [-0.05, 0) is 51.5 Å². The molecule has 0 amide bonds. The van der Waals surface area contributed by atoms with Crippen LogP contribution in [0.2, 0.25) is 0 Å². The SMILES string of the molecule is CCOC(=O)C=Cc1cc(OCC)c(OCC)c(OCC)c1. The molecule has 0 aliphatic rings. The van der Waals surface area contributed by atoms with Gasteiger partial charge in [-0.3, -0.25) is 0 Å². The number of ether oxygens (including phenoxy) is 4. The fraction of sp³-hybridized carbons (Fsp3) is 0.471. The van der Waals surface area contributed by atoms with E-state index in [1.54, 1.807) is 13.0 Å². The van der Waals surface area contributed by atoms with Crippen molar-refractivity contribution in [2.24, 2.45) is 0 Å². The van der Waals surface area contributed by atoms with Crippen LogP contribution in [0.4, 0.5) is 0 Å². The zero-order valence-electron chi connectivity index (χ0n) is 13.7. The largest absolute Gasteiger partial charge is 0.490 e. The van der Waals surface area contributed by atoms with Gasteiger partial charge in [-0.15, -0.1) is 0 Å². The Morgan fingerprint density at radius 3 is 1.91 bits per heavy atom. The summed E-state index contributed by atoms with van der Waals surface area (Å²) in [6, 6.07) is 3.62. The molecule has 0 atom stereocenters. The zero-order valence-corrected chi connectivity index (χ0v) is 13.7. The van der Waals surface area contributed by atoms with E-state index in [0.29, 0.717) is 43.7 Å². The quantitative estimate of drug-likeness (QED) is 0.516. The van der Waals surface area contributed by atoms with Gasteiger partial charge in [0.25, 0.3) is 0 Å². The Balaban J connectivity index is 3.15. The second kappa shape index (κ2) is 9.71. The molecule has 5 nitrogen and oxygen atoms in total. The van der Waals surface area contributed by atoms with E-state index in [4.69, 9.17) is 18.9 Å². The first-order chi connectivity index (χ1) is 10.7. The highest BCUT2D eigenvalue weighted by Crippen LogP contribution is 2.39. The summed E-state index contributed by atoms with van der Waals surface area (Å²) in [5, 5.41) is 0. The van der Waals surface area contributed by atoms with E-state index in [2.05, 4.69) is 0 Å². The van der Waals surface area contributed by atoms with Gasteiger partial charge in [0.05, 0.1) is 26.4 Å². The monoisotopic (exact) mass is 308 g/mol. The summed E-state index contributed by atoms with van der Waals surface area (Å²) in [5.74, 6) is 1.39. The van der Waals surface area contributed by atoms with Crippen LogP contribution in [0.5, 0.6) is 17.2 Å². The van der Waals surface area contributed by atoms with Gasteiger partial charge in [-0.1, -0.05) is 0 Å². The smallest absolute Gasteiger partial charge is 0.330 e. The molecule has 0 aliphatic heterocycles. The van der Waals surface area contributed by atoms with Gasteiger partial charge in [0, 0.05) is 6.08 Å². The summed E-state index contributed by atoms with van der Waals surface area (Å²) in [6.07, 6.45) is 3.05. The molecular formula is C17H24O5. The van der Waals surface area contributed by atoms with E-state index in [1.807, 2.05) is 32.9 Å². The third-order valence-electron chi connectivity index (χ3n) is 2.63. The Bertz CT molecular complexity index is 481. The van der Waals surface area contributed by atoms with E-state index in [9.17, 15) is 4.79 Å². The fourth-order valence-electron chi connectivity index (χ4n) is 1.86. The number of carbonyl (C=O) groups is 1. The van der Waals surface area contributed by atoms with Gasteiger partial charge < -0.3 is 18.9 Å². The Kier molecular flexibility index (Phi) is 7.89. The molecule has 0 saturated carbocycles. The molecule has 0 aromatic heterocycles. The lowest BCUT2D eigenvalue weighted by Crippen LogP contribution is -2.03. The molecule has 0 N–H and O–H groups in total. The zero-order chi connectivity index (χ0) is 16.4. The van der Waals surface area contributed by atoms with Gasteiger partial charge in [0.1, 0.15) is 0 Å². The van der Waals surface area contributed by atoms with Crippen LogP contribution in [0.1, 0.15) is 33.3 Å². The predicted molar refractivity (Wildman–Crippen MR) is 85.6 cm³/mol. The molecule has 1 aromatic rings. The molecule has 0 fully saturated rings. The van der Waals surface area contributed by atoms with Crippen molar-refractivity contribution in [2.75, 3.05) is 26.4 Å². The van der Waals surface area contributed by atoms with Crippen molar-refractivity contribution in [1.29, 1.82) is 0 Å². The van der Waals surface area contributed by atoms with Crippen LogP contribution in [0, 0.1) is 0 Å². The summed E-state index contributed by atoms with van der Waals surface area (Å²) >= 11 is 0. The molecule has 122 valence electrons. The lowest BCUT2D eigenvalue weighted by atomic mass is 10.1. The fourth-order valence-corrected chi connectivity index (χ4v) is 1.86. The third kappa shape index (κ3) is 5.31. The molecule has 0 heterocycles. The summed E-state index contributed by atoms with van der Waals surface area (Å²) in [5.41, 5.74) is 0.781. The van der Waals surface area contributed by atoms with Crippen molar-refractivity contribution >= 4 is 12.0 Å². The standard InChI is InChI=1S/C17H24O5/c1-5-19-14-11-13(9-10-16(18)21-7-3)12-15(20-6-2)17(14)22-8-4/h9-12H,5-8H2,1-4H3. The van der Waals surface area contributed by atoms with Gasteiger partial charge in [0.15, 0.2) is 11.5 Å². The molecule has 0 aliphatic carbocycles. The maximum atomic E-state index is 11.4. The van der Waals surface area contributed by atoms with Crippen molar-refractivity contribution in [2.45, 2.75) is 27.7 Å². The van der Waals surface area contributed by atoms with Crippen LogP contribution in [-0.4, -0.2) is 32.4 Å². The summed E-state index contributed by atoms with van der Waals surface area (Å²) < 4.78 is 21.7. The van der Waals surface area contributed by atoms with Crippen molar-refractivity contribution in [3.63, 3.8) is 0 Å². The van der Waals surface area contributed by atoms with E-state index in [1.165, 1.54) is 6.08 Å². The van der Waals surface area contributed by atoms with Crippen molar-refractivity contribution in [3.8, 4) is 17.2 Å². The minimum absolute atomic E-state index is 0.348. The first kappa shape index (κ1) is 17.9. The van der Waals surface area contributed by atoms with E-state index in [0.717, 1.165) is 5.56 Å². The average Bonchev–Trinajstić information content (AvgIpc) is 2.49. The second-order valence-electron chi connectivity index (χ2n) is 4.23. The molecule has 0 saturated heterocycles. The van der Waals surface area contributed by atoms with Crippen molar-refractivity contribution in [1.82, 2.24) is 0 Å². The van der Waals surface area contributed by atoms with Crippen LogP contribution < -0.4 is 14.2 Å². The molecule has 0 spiro atoms. The van der Waals surface area contributed by atoms with Gasteiger partial charge in [0.2, 0.25) is 5.75 Å². The van der Waals surface area contributed by atoms with Crippen molar-refractivity contribution < 1.29 is 23.7 Å². The highest BCUT2D eigenvalue weighted by Gasteiger charge is 2.14. The first-order valence-corrected chi connectivity index (χ1v) is 7.57. The van der Waals surface area contributed by atoms with Crippen molar-refractivity contribution in [3.05, 3.63) is 23.8 Å². The molecule has 0 unspecified atom stereocenters. The van der Waals surface area contributed by atoms with Gasteiger partial charge >= 0.3 is 5.97 Å². The topological polar surface area (TPSA) is 54.0 Å². The normalized spacial score (nSPS) is 10.5. The second-order valence-corrected chi connectivity index (χ2v) is 4.23. The molecule has 22 heavy (non-hydrogen) atoms. The Labute approximate surface area is 131 Å². The van der Waals surface area contributed by atoms with Crippen LogP contribution in [-0.2, 0) is 9.53 Å². The van der Waals surface area contributed by atoms with E-state index < -0.39 is 0 Å². The minimum Gasteiger partial charge on any atom is -0.490 e. The molecule has 0 radical (unpaired) electrons. The highest BCUT2D eigenvalue weighted by molar-refractivity contribution is 5.87. The number of rotatable bonds is 9. The van der Waals surface area contributed by atoms with Crippen LogP contribution in [0.3, 0.4) is 0 Å². The maximum absolute atomic E-state index is 11.4. The predicted octanol–water partition coefficient (Wildman–Crippen LogP) is 3.46. The van der Waals surface area contributed by atoms with Crippen LogP contribution in [0.15, 0.2) is 18.2 Å². The van der Waals surface area contributed by atoms with Gasteiger partial charge in [-0.2, -0.15) is 0 Å². The summed E-state index contributed by atoms with van der Waals surface area (Å²) in [4.78, 5) is 11.4. The molecular weight excluding hydrogens is 284 g/mol. The lowest BCUT2D eigenvalue weighted by molar-refractivity contribution is -0.137. The minimum atomic E-state index is -0.382. The Morgan fingerprint density at radius 2 is 1.45 bits per heavy atom. The average molecular weight is 308 g/mol. The number of hydrogen-bond donors (Lipinski definition) is 0. The van der Waals surface area contributed by atoms with Crippen LogP contribution in [0.25, 0.3) is 6.08 Å². The summed E-state index contributed by atoms with van der Waals surface area (Å²) in [6.45, 7) is 9.35. The van der Waals surface area contributed by atoms with E-state index >= 15 is 0 Å². The summed E-state index contributed by atoms with van der Waals surface area (Å²) in [7, 11) is 0. The third-order valence-corrected chi connectivity index (χ3v) is 2.63. The molecule has 5 heteroatoms. The highest BCUT2D eigenvalue weighted by atomic mass is 16.5.